The summed E-state index contributed by atoms with van der Waals surface area (Å²) in [4.78, 5) is 0. The van der Waals surface area contributed by atoms with E-state index in [0.29, 0.717) is 0 Å². The molecule has 0 heteroatoms. The van der Waals surface area contributed by atoms with Gasteiger partial charge in [-0.25, -0.2) is 0 Å². The molecule has 0 atom stereocenters. The van der Waals surface area contributed by atoms with Crippen molar-refractivity contribution >= 4 is 0 Å². The zero-order valence-corrected chi connectivity index (χ0v) is 9.86. The van der Waals surface area contributed by atoms with E-state index in [1.54, 1.807) is 0 Å². The lowest BCUT2D eigenvalue weighted by molar-refractivity contribution is 0.519. The maximum atomic E-state index is 4.05. The summed E-state index contributed by atoms with van der Waals surface area (Å²) < 4.78 is 0. The molecule has 0 fully saturated rings. The van der Waals surface area contributed by atoms with Gasteiger partial charge in [-0.2, -0.15) is 0 Å². The van der Waals surface area contributed by atoms with Crippen LogP contribution in [0.2, 0.25) is 0 Å². The van der Waals surface area contributed by atoms with Crippen molar-refractivity contribution < 1.29 is 0 Å². The van der Waals surface area contributed by atoms with Gasteiger partial charge in [-0.1, -0.05) is 50.6 Å². The second kappa shape index (κ2) is 4.45. The molecule has 0 aromatic carbocycles. The highest BCUT2D eigenvalue weighted by molar-refractivity contribution is 5.29. The van der Waals surface area contributed by atoms with E-state index in [9.17, 15) is 0 Å². The third-order valence-electron chi connectivity index (χ3n) is 2.29. The van der Waals surface area contributed by atoms with Crippen LogP contribution in [0.15, 0.2) is 35.5 Å². The van der Waals surface area contributed by atoms with Crippen molar-refractivity contribution in [2.24, 2.45) is 5.41 Å². The molecular weight excluding hydrogens is 156 g/mol. The maximum Gasteiger partial charge on any atom is -0.0138 e. The Morgan fingerprint density at radius 3 is 1.77 bits per heavy atom. The Kier molecular flexibility index (Phi) is 4.19. The fourth-order valence-corrected chi connectivity index (χ4v) is 0.642. The van der Waals surface area contributed by atoms with Crippen molar-refractivity contribution in [3.63, 3.8) is 0 Å². The van der Waals surface area contributed by atoms with Crippen LogP contribution >= 0.6 is 0 Å². The van der Waals surface area contributed by atoms with E-state index < -0.39 is 0 Å². The van der Waals surface area contributed by atoms with Gasteiger partial charge in [-0.15, -0.1) is 0 Å². The lowest BCUT2D eigenvalue weighted by Crippen LogP contribution is -2.05. The van der Waals surface area contributed by atoms with E-state index in [-0.39, 0.29) is 5.41 Å². The van der Waals surface area contributed by atoms with E-state index in [1.165, 1.54) is 16.7 Å². The summed E-state index contributed by atoms with van der Waals surface area (Å²) in [6, 6.07) is 0. The molecule has 0 aliphatic rings. The minimum atomic E-state index is 0.179. The molecule has 74 valence electrons. The van der Waals surface area contributed by atoms with Gasteiger partial charge in [0, 0.05) is 0 Å². The van der Waals surface area contributed by atoms with Crippen LogP contribution in [0.5, 0.6) is 0 Å². The number of hydrogen-bond donors (Lipinski definition) is 0. The van der Waals surface area contributed by atoms with Gasteiger partial charge in [0.1, 0.15) is 0 Å². The SMILES string of the molecule is C=C(/C=C\C(C)=C(C)C)C(C)(C)C. The monoisotopic (exact) mass is 178 g/mol. The fourth-order valence-electron chi connectivity index (χ4n) is 0.642. The summed E-state index contributed by atoms with van der Waals surface area (Å²) in [7, 11) is 0. The quantitative estimate of drug-likeness (QED) is 0.546. The minimum absolute atomic E-state index is 0.179. The van der Waals surface area contributed by atoms with Gasteiger partial charge in [0.05, 0.1) is 0 Å². The minimum Gasteiger partial charge on any atom is -0.0953 e. The van der Waals surface area contributed by atoms with Gasteiger partial charge >= 0.3 is 0 Å². The summed E-state index contributed by atoms with van der Waals surface area (Å²) in [5, 5.41) is 0. The largest absolute Gasteiger partial charge is 0.0953 e. The predicted molar refractivity (Wildman–Crippen MR) is 61.8 cm³/mol. The molecule has 0 aromatic heterocycles. The second-order valence-corrected chi connectivity index (χ2v) is 4.79. The average Bonchev–Trinajstić information content (AvgIpc) is 1.97. The summed E-state index contributed by atoms with van der Waals surface area (Å²) >= 11 is 0. The second-order valence-electron chi connectivity index (χ2n) is 4.79. The third kappa shape index (κ3) is 4.72. The molecule has 0 amide bonds. The molecule has 0 aromatic rings. The highest BCUT2D eigenvalue weighted by atomic mass is 14.2. The molecule has 0 radical (unpaired) electrons. The van der Waals surface area contributed by atoms with Gasteiger partial charge in [0.25, 0.3) is 0 Å². The lowest BCUT2D eigenvalue weighted by Gasteiger charge is -2.18. The number of allylic oxidation sites excluding steroid dienone is 5. The van der Waals surface area contributed by atoms with Crippen LogP contribution in [0.25, 0.3) is 0 Å². The summed E-state index contributed by atoms with van der Waals surface area (Å²) in [5.74, 6) is 0. The molecule has 0 heterocycles. The smallest absolute Gasteiger partial charge is 0.0138 e. The molecule has 0 rings (SSSR count). The van der Waals surface area contributed by atoms with Crippen molar-refractivity contribution in [3.05, 3.63) is 35.5 Å². The first-order valence-corrected chi connectivity index (χ1v) is 4.76. The zero-order chi connectivity index (χ0) is 10.6. The Balaban J connectivity index is 4.48. The lowest BCUT2D eigenvalue weighted by atomic mass is 9.87. The van der Waals surface area contributed by atoms with Gasteiger partial charge < -0.3 is 0 Å². The molecule has 0 N–H and O–H groups in total. The zero-order valence-electron chi connectivity index (χ0n) is 9.86. The Labute approximate surface area is 83.0 Å². The molecular formula is C13H22. The normalized spacial score (nSPS) is 11.8. The van der Waals surface area contributed by atoms with E-state index in [2.05, 4.69) is 60.3 Å². The maximum absolute atomic E-state index is 4.05. The van der Waals surface area contributed by atoms with Crippen molar-refractivity contribution in [2.75, 3.05) is 0 Å². The topological polar surface area (TPSA) is 0 Å². The highest BCUT2D eigenvalue weighted by Gasteiger charge is 2.11. The predicted octanol–water partition coefficient (Wildman–Crippen LogP) is 4.50. The van der Waals surface area contributed by atoms with Crippen LogP contribution in [0.1, 0.15) is 41.5 Å². The van der Waals surface area contributed by atoms with Crippen LogP contribution in [-0.4, -0.2) is 0 Å². The van der Waals surface area contributed by atoms with Gasteiger partial charge in [-0.3, -0.25) is 0 Å². The van der Waals surface area contributed by atoms with Crippen LogP contribution in [-0.2, 0) is 0 Å². The van der Waals surface area contributed by atoms with E-state index in [0.717, 1.165) is 0 Å². The first-order chi connectivity index (χ1) is 5.75. The Morgan fingerprint density at radius 2 is 1.46 bits per heavy atom. The van der Waals surface area contributed by atoms with Crippen molar-refractivity contribution in [2.45, 2.75) is 41.5 Å². The van der Waals surface area contributed by atoms with Crippen molar-refractivity contribution in [1.29, 1.82) is 0 Å². The van der Waals surface area contributed by atoms with E-state index in [1.807, 2.05) is 0 Å². The summed E-state index contributed by atoms with van der Waals surface area (Å²) in [6.07, 6.45) is 4.26. The molecule has 0 saturated heterocycles. The Morgan fingerprint density at radius 1 is 1.00 bits per heavy atom. The molecule has 0 nitrogen and oxygen atoms in total. The van der Waals surface area contributed by atoms with Gasteiger partial charge in [-0.05, 0) is 31.8 Å². The molecule has 0 aliphatic heterocycles. The van der Waals surface area contributed by atoms with Crippen LogP contribution in [0, 0.1) is 5.41 Å². The Hall–Kier alpha value is -0.780. The molecule has 0 spiro atoms. The van der Waals surface area contributed by atoms with Gasteiger partial charge in [0.15, 0.2) is 0 Å². The van der Waals surface area contributed by atoms with E-state index >= 15 is 0 Å². The van der Waals surface area contributed by atoms with Crippen LogP contribution in [0.3, 0.4) is 0 Å². The highest BCUT2D eigenvalue weighted by Crippen LogP contribution is 2.24. The van der Waals surface area contributed by atoms with Crippen LogP contribution in [0.4, 0.5) is 0 Å². The number of hydrogen-bond acceptors (Lipinski definition) is 0. The molecule has 0 aliphatic carbocycles. The fraction of sp³-hybridized carbons (Fsp3) is 0.538. The molecule has 0 saturated carbocycles. The first kappa shape index (κ1) is 12.2. The molecule has 0 bridgehead atoms. The summed E-state index contributed by atoms with van der Waals surface area (Å²) in [6.45, 7) is 17.0. The average molecular weight is 178 g/mol. The third-order valence-corrected chi connectivity index (χ3v) is 2.29. The Bertz CT molecular complexity index is 240. The van der Waals surface area contributed by atoms with E-state index in [4.69, 9.17) is 0 Å². The number of rotatable bonds is 2. The standard InChI is InChI=1S/C13H22/c1-10(2)11(3)8-9-12(4)13(5,6)7/h8-9H,4H2,1-3,5-7H3/b9-8-. The van der Waals surface area contributed by atoms with Crippen molar-refractivity contribution in [1.82, 2.24) is 0 Å². The first-order valence-electron chi connectivity index (χ1n) is 4.76. The van der Waals surface area contributed by atoms with Crippen LogP contribution < -0.4 is 0 Å². The molecule has 0 unspecified atom stereocenters. The van der Waals surface area contributed by atoms with Crippen molar-refractivity contribution in [3.8, 4) is 0 Å². The molecule has 13 heavy (non-hydrogen) atoms. The summed E-state index contributed by atoms with van der Waals surface area (Å²) in [5.41, 5.74) is 4.04. The van der Waals surface area contributed by atoms with Gasteiger partial charge in [0.2, 0.25) is 0 Å².